The summed E-state index contributed by atoms with van der Waals surface area (Å²) in [6.45, 7) is 6.78. The number of aryl methyl sites for hydroxylation is 1. The number of nitrogens with zero attached hydrogens (tertiary/aromatic N) is 2. The van der Waals surface area contributed by atoms with Crippen LogP contribution in [0.4, 0.5) is 30.6 Å². The Morgan fingerprint density at radius 3 is 2.30 bits per heavy atom. The van der Waals surface area contributed by atoms with Crippen LogP contribution in [0.15, 0.2) is 30.3 Å². The Balaban J connectivity index is 2.13. The molecule has 1 aromatic carbocycles. The first-order chi connectivity index (χ1) is 10.7. The Bertz CT molecular complexity index is 651. The summed E-state index contributed by atoms with van der Waals surface area (Å²) in [6.07, 6.45) is -4.34. The molecule has 2 N–H and O–H groups in total. The molecule has 0 aliphatic heterocycles. The Morgan fingerprint density at radius 2 is 1.74 bits per heavy atom. The van der Waals surface area contributed by atoms with Gasteiger partial charge in [-0.1, -0.05) is 13.8 Å². The Hall–Kier alpha value is -2.31. The molecular formula is C16H19F3N4. The number of hydrogen-bond donors (Lipinski definition) is 2. The second-order valence-corrected chi connectivity index (χ2v) is 5.69. The fourth-order valence-corrected chi connectivity index (χ4v) is 1.90. The predicted octanol–water partition coefficient (Wildman–Crippen LogP) is 4.62. The van der Waals surface area contributed by atoms with Crippen molar-refractivity contribution >= 4 is 17.5 Å². The van der Waals surface area contributed by atoms with Crippen molar-refractivity contribution in [1.29, 1.82) is 0 Å². The van der Waals surface area contributed by atoms with Crippen LogP contribution in [-0.2, 0) is 6.18 Å². The maximum absolute atomic E-state index is 12.5. The smallest absolute Gasteiger partial charge is 0.370 e. The second kappa shape index (κ2) is 6.85. The maximum atomic E-state index is 12.5. The SMILES string of the molecule is Cc1cc(NCC(C)C)nc(Nc2ccc(C(F)(F)F)cc2)n1. The lowest BCUT2D eigenvalue weighted by Gasteiger charge is -2.12. The number of rotatable bonds is 5. The van der Waals surface area contributed by atoms with E-state index in [1.807, 2.05) is 13.0 Å². The molecule has 0 radical (unpaired) electrons. The minimum absolute atomic E-state index is 0.344. The van der Waals surface area contributed by atoms with E-state index in [0.717, 1.165) is 24.4 Å². The molecule has 0 aliphatic rings. The first kappa shape index (κ1) is 17.1. The van der Waals surface area contributed by atoms with Gasteiger partial charge in [0.05, 0.1) is 5.56 Å². The number of nitrogens with one attached hydrogen (secondary N) is 2. The van der Waals surface area contributed by atoms with E-state index in [-0.39, 0.29) is 0 Å². The average molecular weight is 324 g/mol. The van der Waals surface area contributed by atoms with Crippen molar-refractivity contribution in [2.24, 2.45) is 5.92 Å². The molecule has 0 bridgehead atoms. The molecule has 4 nitrogen and oxygen atoms in total. The maximum Gasteiger partial charge on any atom is 0.416 e. The minimum atomic E-state index is -4.34. The molecule has 2 rings (SSSR count). The first-order valence-corrected chi connectivity index (χ1v) is 7.28. The van der Waals surface area contributed by atoms with Crippen molar-refractivity contribution in [2.75, 3.05) is 17.2 Å². The lowest BCUT2D eigenvalue weighted by Crippen LogP contribution is -2.11. The minimum Gasteiger partial charge on any atom is -0.370 e. The number of alkyl halides is 3. The van der Waals surface area contributed by atoms with E-state index in [0.29, 0.717) is 23.4 Å². The van der Waals surface area contributed by atoms with Crippen molar-refractivity contribution < 1.29 is 13.2 Å². The molecular weight excluding hydrogens is 305 g/mol. The van der Waals surface area contributed by atoms with Gasteiger partial charge in [-0.15, -0.1) is 0 Å². The Morgan fingerprint density at radius 1 is 1.09 bits per heavy atom. The number of aromatic nitrogens is 2. The molecule has 0 fully saturated rings. The highest BCUT2D eigenvalue weighted by Crippen LogP contribution is 2.30. The quantitative estimate of drug-likeness (QED) is 0.843. The zero-order valence-corrected chi connectivity index (χ0v) is 13.2. The molecule has 0 saturated carbocycles. The van der Waals surface area contributed by atoms with Crippen LogP contribution in [0.3, 0.4) is 0 Å². The van der Waals surface area contributed by atoms with E-state index in [1.165, 1.54) is 12.1 Å². The van der Waals surface area contributed by atoms with Gasteiger partial charge in [0, 0.05) is 24.0 Å². The molecule has 0 aliphatic carbocycles. The highest BCUT2D eigenvalue weighted by atomic mass is 19.4. The normalized spacial score (nSPS) is 11.6. The molecule has 1 heterocycles. The summed E-state index contributed by atoms with van der Waals surface area (Å²) in [5.74, 6) is 1.49. The molecule has 2 aromatic rings. The Labute approximate surface area is 133 Å². The second-order valence-electron chi connectivity index (χ2n) is 5.69. The summed E-state index contributed by atoms with van der Waals surface area (Å²) in [5, 5.41) is 6.12. The first-order valence-electron chi connectivity index (χ1n) is 7.28. The highest BCUT2D eigenvalue weighted by Gasteiger charge is 2.29. The summed E-state index contributed by atoms with van der Waals surface area (Å²) in [4.78, 5) is 8.56. The van der Waals surface area contributed by atoms with Crippen LogP contribution in [0.5, 0.6) is 0 Å². The third-order valence-corrected chi connectivity index (χ3v) is 3.01. The van der Waals surface area contributed by atoms with E-state index >= 15 is 0 Å². The summed E-state index contributed by atoms with van der Waals surface area (Å²) >= 11 is 0. The topological polar surface area (TPSA) is 49.8 Å². The van der Waals surface area contributed by atoms with E-state index in [2.05, 4.69) is 34.4 Å². The standard InChI is InChI=1S/C16H19F3N4/c1-10(2)9-20-14-8-11(3)21-15(23-14)22-13-6-4-12(5-7-13)16(17,18)19/h4-8,10H,9H2,1-3H3,(H2,20,21,22,23). The summed E-state index contributed by atoms with van der Waals surface area (Å²) in [6, 6.07) is 6.58. The van der Waals surface area contributed by atoms with Gasteiger partial charge in [0.25, 0.3) is 0 Å². The average Bonchev–Trinajstić information content (AvgIpc) is 2.44. The number of anilines is 3. The molecule has 0 amide bonds. The molecule has 1 aromatic heterocycles. The van der Waals surface area contributed by atoms with Crippen molar-refractivity contribution in [3.63, 3.8) is 0 Å². The third-order valence-electron chi connectivity index (χ3n) is 3.01. The van der Waals surface area contributed by atoms with Gasteiger partial charge in [-0.05, 0) is 37.1 Å². The zero-order valence-electron chi connectivity index (χ0n) is 13.2. The summed E-state index contributed by atoms with van der Waals surface area (Å²) < 4.78 is 37.6. The zero-order chi connectivity index (χ0) is 17.0. The van der Waals surface area contributed by atoms with Gasteiger partial charge in [0.15, 0.2) is 0 Å². The van der Waals surface area contributed by atoms with Crippen LogP contribution in [0, 0.1) is 12.8 Å². The monoisotopic (exact) mass is 324 g/mol. The van der Waals surface area contributed by atoms with Crippen LogP contribution in [0.2, 0.25) is 0 Å². The van der Waals surface area contributed by atoms with Crippen molar-refractivity contribution in [1.82, 2.24) is 9.97 Å². The fraction of sp³-hybridized carbons (Fsp3) is 0.375. The third kappa shape index (κ3) is 5.12. The lowest BCUT2D eigenvalue weighted by atomic mass is 10.2. The van der Waals surface area contributed by atoms with E-state index < -0.39 is 11.7 Å². The van der Waals surface area contributed by atoms with Gasteiger partial charge < -0.3 is 10.6 Å². The van der Waals surface area contributed by atoms with Gasteiger partial charge >= 0.3 is 6.18 Å². The number of hydrogen-bond acceptors (Lipinski definition) is 4. The van der Waals surface area contributed by atoms with Gasteiger partial charge in [-0.3, -0.25) is 0 Å². The van der Waals surface area contributed by atoms with Crippen LogP contribution < -0.4 is 10.6 Å². The molecule has 0 spiro atoms. The van der Waals surface area contributed by atoms with Crippen LogP contribution in [0.1, 0.15) is 25.1 Å². The largest absolute Gasteiger partial charge is 0.416 e. The van der Waals surface area contributed by atoms with Crippen LogP contribution in [-0.4, -0.2) is 16.5 Å². The van der Waals surface area contributed by atoms with E-state index in [9.17, 15) is 13.2 Å². The van der Waals surface area contributed by atoms with Gasteiger partial charge in [0.1, 0.15) is 5.82 Å². The summed E-state index contributed by atoms with van der Waals surface area (Å²) in [7, 11) is 0. The van der Waals surface area contributed by atoms with E-state index in [4.69, 9.17) is 0 Å². The van der Waals surface area contributed by atoms with Gasteiger partial charge in [-0.2, -0.15) is 18.2 Å². The van der Waals surface area contributed by atoms with Crippen molar-refractivity contribution in [2.45, 2.75) is 26.9 Å². The molecule has 0 atom stereocenters. The van der Waals surface area contributed by atoms with Crippen LogP contribution >= 0.6 is 0 Å². The fourth-order valence-electron chi connectivity index (χ4n) is 1.90. The van der Waals surface area contributed by atoms with Crippen molar-refractivity contribution in [3.05, 3.63) is 41.6 Å². The van der Waals surface area contributed by atoms with E-state index in [1.54, 1.807) is 0 Å². The van der Waals surface area contributed by atoms with Gasteiger partial charge in [0.2, 0.25) is 5.95 Å². The highest BCUT2D eigenvalue weighted by molar-refractivity contribution is 5.55. The molecule has 23 heavy (non-hydrogen) atoms. The predicted molar refractivity (Wildman–Crippen MR) is 84.8 cm³/mol. The molecule has 7 heteroatoms. The molecule has 124 valence electrons. The number of benzene rings is 1. The van der Waals surface area contributed by atoms with Crippen molar-refractivity contribution in [3.8, 4) is 0 Å². The molecule has 0 unspecified atom stereocenters. The van der Waals surface area contributed by atoms with Crippen LogP contribution in [0.25, 0.3) is 0 Å². The summed E-state index contributed by atoms with van der Waals surface area (Å²) in [5.41, 5.74) is 0.576. The number of halogens is 3. The lowest BCUT2D eigenvalue weighted by molar-refractivity contribution is -0.137. The molecule has 0 saturated heterocycles. The van der Waals surface area contributed by atoms with Gasteiger partial charge in [-0.25, -0.2) is 4.98 Å². The Kier molecular flexibility index (Phi) is 5.08.